The fourth-order valence-corrected chi connectivity index (χ4v) is 2.41. The van der Waals surface area contributed by atoms with E-state index in [2.05, 4.69) is 26.1 Å². The van der Waals surface area contributed by atoms with Crippen LogP contribution in [-0.2, 0) is 14.3 Å². The number of carbonyl (C=O) groups excluding carboxylic acids is 2. The molecule has 0 saturated carbocycles. The molecule has 0 bridgehead atoms. The van der Waals surface area contributed by atoms with Crippen LogP contribution in [0.5, 0.6) is 0 Å². The van der Waals surface area contributed by atoms with Crippen LogP contribution in [0.4, 0.5) is 0 Å². The summed E-state index contributed by atoms with van der Waals surface area (Å²) in [5.41, 5.74) is -0.331. The molecule has 5 heteroatoms. The van der Waals surface area contributed by atoms with Gasteiger partial charge in [-0.1, -0.05) is 41.5 Å². The molecule has 122 valence electrons. The predicted molar refractivity (Wildman–Crippen MR) is 82.8 cm³/mol. The predicted octanol–water partition coefficient (Wildman–Crippen LogP) is 1.81. The van der Waals surface area contributed by atoms with Crippen molar-refractivity contribution in [3.05, 3.63) is 0 Å². The molecule has 1 saturated heterocycles. The number of nitrogens with one attached hydrogen (secondary N) is 1. The minimum atomic E-state index is -0.506. The van der Waals surface area contributed by atoms with E-state index in [1.807, 2.05) is 25.7 Å². The first-order chi connectivity index (χ1) is 9.43. The van der Waals surface area contributed by atoms with Gasteiger partial charge in [0.2, 0.25) is 11.8 Å². The van der Waals surface area contributed by atoms with E-state index in [1.54, 1.807) is 0 Å². The molecule has 0 spiro atoms. The van der Waals surface area contributed by atoms with Crippen molar-refractivity contribution in [1.29, 1.82) is 0 Å². The molecule has 0 aromatic rings. The van der Waals surface area contributed by atoms with E-state index >= 15 is 0 Å². The average Bonchev–Trinajstić information content (AvgIpc) is 2.33. The van der Waals surface area contributed by atoms with Crippen molar-refractivity contribution in [2.75, 3.05) is 19.7 Å². The van der Waals surface area contributed by atoms with Crippen LogP contribution in [0.3, 0.4) is 0 Å². The molecular weight excluding hydrogens is 268 g/mol. The lowest BCUT2D eigenvalue weighted by Crippen LogP contribution is -2.58. The molecule has 1 unspecified atom stereocenters. The molecule has 1 rings (SSSR count). The van der Waals surface area contributed by atoms with Crippen molar-refractivity contribution >= 4 is 11.8 Å². The first kappa shape index (κ1) is 18.0. The maximum absolute atomic E-state index is 12.8. The monoisotopic (exact) mass is 298 g/mol. The maximum atomic E-state index is 12.8. The Hall–Kier alpha value is -1.10. The Morgan fingerprint density at radius 3 is 2.19 bits per heavy atom. The molecule has 0 aromatic heterocycles. The van der Waals surface area contributed by atoms with E-state index in [4.69, 9.17) is 4.74 Å². The molecule has 1 aliphatic heterocycles. The van der Waals surface area contributed by atoms with Crippen LogP contribution in [0.25, 0.3) is 0 Å². The van der Waals surface area contributed by atoms with Gasteiger partial charge in [-0.3, -0.25) is 9.59 Å². The fourth-order valence-electron chi connectivity index (χ4n) is 2.41. The summed E-state index contributed by atoms with van der Waals surface area (Å²) in [6, 6.07) is -0.506. The lowest BCUT2D eigenvalue weighted by atomic mass is 9.84. The lowest BCUT2D eigenvalue weighted by Gasteiger charge is -2.42. The van der Waals surface area contributed by atoms with Crippen LogP contribution in [-0.4, -0.2) is 48.6 Å². The van der Waals surface area contributed by atoms with Crippen molar-refractivity contribution in [1.82, 2.24) is 10.2 Å². The van der Waals surface area contributed by atoms with Gasteiger partial charge >= 0.3 is 0 Å². The van der Waals surface area contributed by atoms with E-state index in [-0.39, 0.29) is 28.7 Å². The zero-order valence-corrected chi connectivity index (χ0v) is 14.4. The van der Waals surface area contributed by atoms with Gasteiger partial charge in [-0.15, -0.1) is 0 Å². The molecule has 0 aromatic carbocycles. The number of amides is 2. The summed E-state index contributed by atoms with van der Waals surface area (Å²) in [5.74, 6) is -0.195. The average molecular weight is 298 g/mol. The summed E-state index contributed by atoms with van der Waals surface area (Å²) in [7, 11) is 0. The van der Waals surface area contributed by atoms with Gasteiger partial charge in [0.05, 0.1) is 12.7 Å². The van der Waals surface area contributed by atoms with Crippen molar-refractivity contribution < 1.29 is 14.3 Å². The van der Waals surface area contributed by atoms with Crippen molar-refractivity contribution in [3.63, 3.8) is 0 Å². The number of hydrogen-bond acceptors (Lipinski definition) is 3. The maximum Gasteiger partial charge on any atom is 0.245 e. The van der Waals surface area contributed by atoms with Gasteiger partial charge in [-0.05, 0) is 10.8 Å². The highest BCUT2D eigenvalue weighted by atomic mass is 16.5. The van der Waals surface area contributed by atoms with Gasteiger partial charge in [0, 0.05) is 20.0 Å². The molecule has 1 N–H and O–H groups in total. The number of nitrogens with zero attached hydrogens (tertiary/aromatic N) is 1. The van der Waals surface area contributed by atoms with Gasteiger partial charge in [-0.2, -0.15) is 0 Å². The zero-order valence-electron chi connectivity index (χ0n) is 14.4. The van der Waals surface area contributed by atoms with Crippen LogP contribution in [0.1, 0.15) is 48.5 Å². The number of carbonyl (C=O) groups is 2. The highest BCUT2D eigenvalue weighted by Crippen LogP contribution is 2.27. The normalized spacial score (nSPS) is 21.9. The van der Waals surface area contributed by atoms with Crippen LogP contribution >= 0.6 is 0 Å². The third kappa shape index (κ3) is 4.99. The molecule has 5 nitrogen and oxygen atoms in total. The Kier molecular flexibility index (Phi) is 5.42. The molecule has 21 heavy (non-hydrogen) atoms. The topological polar surface area (TPSA) is 58.6 Å². The minimum Gasteiger partial charge on any atom is -0.374 e. The third-order valence-electron chi connectivity index (χ3n) is 3.80. The number of morpholine rings is 1. The number of ether oxygens (including phenoxy) is 1. The molecule has 1 heterocycles. The standard InChI is InChI=1S/C16H30N2O3/c1-11(19)17-13(16(5,6)7)14(20)18-8-9-21-12(10-18)15(2,3)4/h12-13H,8-10H2,1-7H3,(H,17,19)/t12?,13-/m1/s1. The van der Waals surface area contributed by atoms with E-state index in [0.29, 0.717) is 19.7 Å². The summed E-state index contributed by atoms with van der Waals surface area (Å²) in [6.07, 6.45) is 0.0214. The SMILES string of the molecule is CC(=O)N[C@H](C(=O)N1CCOC(C(C)(C)C)C1)C(C)(C)C. The van der Waals surface area contributed by atoms with Gasteiger partial charge in [-0.25, -0.2) is 0 Å². The molecule has 1 aliphatic rings. The van der Waals surface area contributed by atoms with Gasteiger partial charge in [0.25, 0.3) is 0 Å². The minimum absolute atomic E-state index is 0.00974. The van der Waals surface area contributed by atoms with Crippen molar-refractivity contribution in [2.24, 2.45) is 10.8 Å². The number of hydrogen-bond donors (Lipinski definition) is 1. The smallest absolute Gasteiger partial charge is 0.245 e. The van der Waals surface area contributed by atoms with E-state index < -0.39 is 6.04 Å². The van der Waals surface area contributed by atoms with Crippen molar-refractivity contribution in [2.45, 2.75) is 60.6 Å². The third-order valence-corrected chi connectivity index (χ3v) is 3.80. The van der Waals surface area contributed by atoms with Crippen LogP contribution < -0.4 is 5.32 Å². The molecule has 1 fully saturated rings. The molecule has 2 atom stereocenters. The molecule has 0 aliphatic carbocycles. The summed E-state index contributed by atoms with van der Waals surface area (Å²) < 4.78 is 5.79. The first-order valence-corrected chi connectivity index (χ1v) is 7.60. The Morgan fingerprint density at radius 2 is 1.76 bits per heavy atom. The first-order valence-electron chi connectivity index (χ1n) is 7.60. The summed E-state index contributed by atoms with van der Waals surface area (Å²) >= 11 is 0. The second-order valence-electron chi connectivity index (χ2n) is 8.01. The highest BCUT2D eigenvalue weighted by Gasteiger charge is 2.39. The largest absolute Gasteiger partial charge is 0.374 e. The van der Waals surface area contributed by atoms with Crippen molar-refractivity contribution in [3.8, 4) is 0 Å². The Bertz CT molecular complexity index is 393. The Labute approximate surface area is 128 Å². The van der Waals surface area contributed by atoms with E-state index in [9.17, 15) is 9.59 Å². The molecule has 0 radical (unpaired) electrons. The second-order valence-corrected chi connectivity index (χ2v) is 8.01. The summed E-state index contributed by atoms with van der Waals surface area (Å²) in [6.45, 7) is 15.4. The summed E-state index contributed by atoms with van der Waals surface area (Å²) in [5, 5.41) is 2.80. The van der Waals surface area contributed by atoms with Crippen LogP contribution in [0, 0.1) is 10.8 Å². The second kappa shape index (κ2) is 6.34. The van der Waals surface area contributed by atoms with Gasteiger partial charge < -0.3 is 15.0 Å². The number of rotatable bonds is 2. The highest BCUT2D eigenvalue weighted by molar-refractivity contribution is 5.87. The quantitative estimate of drug-likeness (QED) is 0.846. The fraction of sp³-hybridized carbons (Fsp3) is 0.875. The van der Waals surface area contributed by atoms with Gasteiger partial charge in [0.15, 0.2) is 0 Å². The summed E-state index contributed by atoms with van der Waals surface area (Å²) in [4.78, 5) is 26.0. The van der Waals surface area contributed by atoms with E-state index in [1.165, 1.54) is 6.92 Å². The lowest BCUT2D eigenvalue weighted by molar-refractivity contribution is -0.149. The van der Waals surface area contributed by atoms with E-state index in [0.717, 1.165) is 0 Å². The Balaban J connectivity index is 2.86. The zero-order chi connectivity index (χ0) is 16.4. The van der Waals surface area contributed by atoms with Gasteiger partial charge in [0.1, 0.15) is 6.04 Å². The van der Waals surface area contributed by atoms with Crippen LogP contribution in [0.15, 0.2) is 0 Å². The molecular formula is C16H30N2O3. The Morgan fingerprint density at radius 1 is 1.19 bits per heavy atom. The van der Waals surface area contributed by atoms with Crippen LogP contribution in [0.2, 0.25) is 0 Å². The molecule has 2 amide bonds.